The maximum atomic E-state index is 10.6. The Morgan fingerprint density at radius 3 is 2.58 bits per heavy atom. The number of nitrogens with zero attached hydrogens (tertiary/aromatic N) is 1. The van der Waals surface area contributed by atoms with Crippen molar-refractivity contribution in [2.75, 3.05) is 0 Å². The Hall–Kier alpha value is -2.19. The lowest BCUT2D eigenvalue weighted by Crippen LogP contribution is -2.01. The molecule has 0 aliphatic heterocycles. The second-order valence-corrected chi connectivity index (χ2v) is 4.73. The van der Waals surface area contributed by atoms with Gasteiger partial charge in [0.15, 0.2) is 0 Å². The van der Waals surface area contributed by atoms with Gasteiger partial charge >= 0.3 is 0 Å². The number of hydrogen-bond donors (Lipinski definition) is 1. The SMILES string of the molecule is Cc1ccc2nccc([C@H](O)c3ccccc3)c2c1. The third-order valence-corrected chi connectivity index (χ3v) is 3.34. The molecule has 0 saturated carbocycles. The highest BCUT2D eigenvalue weighted by molar-refractivity contribution is 5.83. The average molecular weight is 249 g/mol. The van der Waals surface area contributed by atoms with E-state index in [0.29, 0.717) is 0 Å². The summed E-state index contributed by atoms with van der Waals surface area (Å²) >= 11 is 0. The lowest BCUT2D eigenvalue weighted by molar-refractivity contribution is 0.222. The van der Waals surface area contributed by atoms with Crippen LogP contribution in [0, 0.1) is 6.92 Å². The van der Waals surface area contributed by atoms with Crippen molar-refractivity contribution in [2.24, 2.45) is 0 Å². The lowest BCUT2D eigenvalue weighted by atomic mass is 9.97. The largest absolute Gasteiger partial charge is 0.384 e. The quantitative estimate of drug-likeness (QED) is 0.752. The van der Waals surface area contributed by atoms with E-state index in [9.17, 15) is 5.11 Å². The van der Waals surface area contributed by atoms with Crippen LogP contribution in [0.3, 0.4) is 0 Å². The molecule has 2 aromatic carbocycles. The lowest BCUT2D eigenvalue weighted by Gasteiger charge is -2.14. The van der Waals surface area contributed by atoms with Crippen molar-refractivity contribution in [3.05, 3.63) is 77.5 Å². The summed E-state index contributed by atoms with van der Waals surface area (Å²) in [5, 5.41) is 11.6. The molecule has 1 N–H and O–H groups in total. The van der Waals surface area contributed by atoms with Gasteiger partial charge in [0, 0.05) is 11.6 Å². The van der Waals surface area contributed by atoms with Crippen molar-refractivity contribution in [3.8, 4) is 0 Å². The van der Waals surface area contributed by atoms with Crippen molar-refractivity contribution in [3.63, 3.8) is 0 Å². The maximum Gasteiger partial charge on any atom is 0.105 e. The van der Waals surface area contributed by atoms with Crippen LogP contribution in [0.5, 0.6) is 0 Å². The van der Waals surface area contributed by atoms with E-state index in [2.05, 4.69) is 11.1 Å². The van der Waals surface area contributed by atoms with Gasteiger partial charge in [0.05, 0.1) is 5.52 Å². The zero-order chi connectivity index (χ0) is 13.2. The van der Waals surface area contributed by atoms with Gasteiger partial charge in [-0.2, -0.15) is 0 Å². The molecule has 19 heavy (non-hydrogen) atoms. The molecule has 0 spiro atoms. The Balaban J connectivity index is 2.17. The first kappa shape index (κ1) is 11.9. The molecule has 0 fully saturated rings. The predicted molar refractivity (Wildman–Crippen MR) is 77.0 cm³/mol. The molecule has 0 aliphatic rings. The minimum absolute atomic E-state index is 0.617. The Kier molecular flexibility index (Phi) is 3.02. The second kappa shape index (κ2) is 4.82. The Morgan fingerprint density at radius 2 is 1.79 bits per heavy atom. The molecule has 0 bridgehead atoms. The maximum absolute atomic E-state index is 10.6. The summed E-state index contributed by atoms with van der Waals surface area (Å²) in [4.78, 5) is 4.35. The van der Waals surface area contributed by atoms with Gasteiger partial charge in [0.25, 0.3) is 0 Å². The molecule has 0 unspecified atom stereocenters. The molecular weight excluding hydrogens is 234 g/mol. The van der Waals surface area contributed by atoms with E-state index in [0.717, 1.165) is 22.0 Å². The number of fused-ring (bicyclic) bond motifs is 1. The van der Waals surface area contributed by atoms with Gasteiger partial charge in [-0.1, -0.05) is 42.0 Å². The smallest absolute Gasteiger partial charge is 0.105 e. The monoisotopic (exact) mass is 249 g/mol. The van der Waals surface area contributed by atoms with Crippen LogP contribution < -0.4 is 0 Å². The number of aromatic nitrogens is 1. The van der Waals surface area contributed by atoms with Gasteiger partial charge in [-0.25, -0.2) is 0 Å². The molecule has 0 radical (unpaired) electrons. The first-order valence-corrected chi connectivity index (χ1v) is 6.34. The predicted octanol–water partition coefficient (Wildman–Crippen LogP) is 3.62. The highest BCUT2D eigenvalue weighted by atomic mass is 16.3. The summed E-state index contributed by atoms with van der Waals surface area (Å²) in [5.74, 6) is 0. The fraction of sp³-hybridized carbons (Fsp3) is 0.118. The van der Waals surface area contributed by atoms with Crippen LogP contribution in [-0.2, 0) is 0 Å². The van der Waals surface area contributed by atoms with Crippen LogP contribution in [0.4, 0.5) is 0 Å². The van der Waals surface area contributed by atoms with Crippen LogP contribution >= 0.6 is 0 Å². The molecule has 3 rings (SSSR count). The van der Waals surface area contributed by atoms with Gasteiger partial charge in [-0.3, -0.25) is 4.98 Å². The number of aliphatic hydroxyl groups excluding tert-OH is 1. The molecule has 3 aromatic rings. The van der Waals surface area contributed by atoms with Crippen LogP contribution in [-0.4, -0.2) is 10.1 Å². The van der Waals surface area contributed by atoms with Crippen LogP contribution in [0.2, 0.25) is 0 Å². The molecular formula is C17H15NO. The van der Waals surface area contributed by atoms with E-state index in [1.807, 2.05) is 55.5 Å². The molecule has 94 valence electrons. The van der Waals surface area contributed by atoms with Crippen molar-refractivity contribution < 1.29 is 5.11 Å². The fourth-order valence-electron chi connectivity index (χ4n) is 2.33. The number of hydrogen-bond acceptors (Lipinski definition) is 2. The standard InChI is InChI=1S/C17H15NO/c1-12-7-8-16-15(11-12)14(9-10-18-16)17(19)13-5-3-2-4-6-13/h2-11,17,19H,1H3/t17-/m1/s1. The molecule has 2 nitrogen and oxygen atoms in total. The number of aryl methyl sites for hydroxylation is 1. The van der Waals surface area contributed by atoms with Gasteiger partial charge < -0.3 is 5.11 Å². The van der Waals surface area contributed by atoms with E-state index in [1.165, 1.54) is 5.56 Å². The first-order valence-electron chi connectivity index (χ1n) is 6.34. The number of benzene rings is 2. The topological polar surface area (TPSA) is 33.1 Å². The molecule has 1 atom stereocenters. The van der Waals surface area contributed by atoms with Crippen molar-refractivity contribution in [2.45, 2.75) is 13.0 Å². The van der Waals surface area contributed by atoms with Gasteiger partial charge in [-0.15, -0.1) is 0 Å². The van der Waals surface area contributed by atoms with E-state index in [4.69, 9.17) is 0 Å². The van der Waals surface area contributed by atoms with Gasteiger partial charge in [-0.05, 0) is 36.2 Å². The van der Waals surface area contributed by atoms with Crippen LogP contribution in [0.15, 0.2) is 60.8 Å². The van der Waals surface area contributed by atoms with E-state index < -0.39 is 6.10 Å². The normalized spacial score (nSPS) is 12.5. The summed E-state index contributed by atoms with van der Waals surface area (Å²) < 4.78 is 0. The fourth-order valence-corrected chi connectivity index (χ4v) is 2.33. The first-order chi connectivity index (χ1) is 9.25. The molecule has 0 amide bonds. The third kappa shape index (κ3) is 2.23. The van der Waals surface area contributed by atoms with Crippen molar-refractivity contribution in [1.29, 1.82) is 0 Å². The molecule has 1 heterocycles. The van der Waals surface area contributed by atoms with Gasteiger partial charge in [0.2, 0.25) is 0 Å². The Labute approximate surface area is 112 Å². The molecule has 0 saturated heterocycles. The minimum Gasteiger partial charge on any atom is -0.384 e. The van der Waals surface area contributed by atoms with E-state index >= 15 is 0 Å². The molecule has 0 aliphatic carbocycles. The summed E-state index contributed by atoms with van der Waals surface area (Å²) in [6.07, 6.45) is 1.13. The third-order valence-electron chi connectivity index (χ3n) is 3.34. The van der Waals surface area contributed by atoms with E-state index in [-0.39, 0.29) is 0 Å². The Morgan fingerprint density at radius 1 is 1.00 bits per heavy atom. The summed E-state index contributed by atoms with van der Waals surface area (Å²) in [7, 11) is 0. The summed E-state index contributed by atoms with van der Waals surface area (Å²) in [5.41, 5.74) is 3.89. The minimum atomic E-state index is -0.617. The average Bonchev–Trinajstić information content (AvgIpc) is 2.47. The van der Waals surface area contributed by atoms with Crippen molar-refractivity contribution in [1.82, 2.24) is 4.98 Å². The zero-order valence-corrected chi connectivity index (χ0v) is 10.7. The summed E-state index contributed by atoms with van der Waals surface area (Å²) in [6, 6.07) is 17.7. The van der Waals surface area contributed by atoms with E-state index in [1.54, 1.807) is 6.20 Å². The summed E-state index contributed by atoms with van der Waals surface area (Å²) in [6.45, 7) is 2.05. The van der Waals surface area contributed by atoms with Crippen LogP contribution in [0.1, 0.15) is 22.8 Å². The highest BCUT2D eigenvalue weighted by Crippen LogP contribution is 2.28. The number of aliphatic hydroxyl groups is 1. The molecule has 2 heteroatoms. The highest BCUT2D eigenvalue weighted by Gasteiger charge is 2.13. The number of pyridine rings is 1. The Bertz CT molecular complexity index is 707. The van der Waals surface area contributed by atoms with Gasteiger partial charge in [0.1, 0.15) is 6.10 Å². The second-order valence-electron chi connectivity index (χ2n) is 4.73. The van der Waals surface area contributed by atoms with Crippen molar-refractivity contribution >= 4 is 10.9 Å². The molecule has 1 aromatic heterocycles. The zero-order valence-electron chi connectivity index (χ0n) is 10.7. The number of rotatable bonds is 2. The van der Waals surface area contributed by atoms with Crippen LogP contribution in [0.25, 0.3) is 10.9 Å².